The van der Waals surface area contributed by atoms with Crippen molar-refractivity contribution in [1.29, 1.82) is 0 Å². The quantitative estimate of drug-likeness (QED) is 0.718. The molecule has 4 N–H and O–H groups in total. The summed E-state index contributed by atoms with van der Waals surface area (Å²) in [5, 5.41) is 18.0. The number of hydrogen-bond acceptors (Lipinski definition) is 5. The Morgan fingerprint density at radius 2 is 1.83 bits per heavy atom. The largest absolute Gasteiger partial charge is 0.511 e. The highest BCUT2D eigenvalue weighted by Gasteiger charge is 2.34. The maximum Gasteiger partial charge on any atom is 0.238 e. The molecule has 1 aliphatic carbocycles. The van der Waals surface area contributed by atoms with Crippen LogP contribution in [0.25, 0.3) is 0 Å². The first-order chi connectivity index (χ1) is 10.5. The second kappa shape index (κ2) is 6.03. The Morgan fingerprint density at radius 3 is 2.30 bits per heavy atom. The zero-order chi connectivity index (χ0) is 17.4. The third kappa shape index (κ3) is 4.15. The maximum absolute atomic E-state index is 12.2. The third-order valence-electron chi connectivity index (χ3n) is 3.52. The molecule has 8 heteroatoms. The van der Waals surface area contributed by atoms with Crippen molar-refractivity contribution in [3.8, 4) is 0 Å². The summed E-state index contributed by atoms with van der Waals surface area (Å²) in [5.74, 6) is -0.234. The van der Waals surface area contributed by atoms with E-state index in [2.05, 4.69) is 5.32 Å². The van der Waals surface area contributed by atoms with Crippen molar-refractivity contribution in [2.45, 2.75) is 31.6 Å². The molecule has 0 heterocycles. The minimum absolute atomic E-state index is 0.0217. The number of primary sulfonamides is 1. The lowest BCUT2D eigenvalue weighted by molar-refractivity contribution is -0.117. The second-order valence-corrected chi connectivity index (χ2v) is 8.26. The van der Waals surface area contributed by atoms with Crippen molar-refractivity contribution in [3.05, 3.63) is 35.6 Å². The van der Waals surface area contributed by atoms with Crippen LogP contribution in [0.5, 0.6) is 0 Å². The number of allylic oxidation sites excluding steroid dienone is 1. The number of hydrogen-bond donors (Lipinski definition) is 3. The van der Waals surface area contributed by atoms with E-state index in [1.54, 1.807) is 0 Å². The summed E-state index contributed by atoms with van der Waals surface area (Å²) < 4.78 is 22.4. The molecule has 0 unspecified atom stereocenters. The first kappa shape index (κ1) is 17.6. The number of aliphatic hydroxyl groups is 1. The molecule has 0 fully saturated rings. The Kier molecular flexibility index (Phi) is 4.61. The highest BCUT2D eigenvalue weighted by molar-refractivity contribution is 7.89. The molecule has 0 radical (unpaired) electrons. The van der Waals surface area contributed by atoms with Gasteiger partial charge in [-0.2, -0.15) is 0 Å². The molecule has 0 saturated heterocycles. The number of thiocarbonyl (C=S) groups is 1. The van der Waals surface area contributed by atoms with Crippen molar-refractivity contribution in [2.75, 3.05) is 5.32 Å². The van der Waals surface area contributed by atoms with Gasteiger partial charge in [-0.05, 0) is 29.7 Å². The average molecular weight is 354 g/mol. The van der Waals surface area contributed by atoms with Crippen LogP contribution in [0.2, 0.25) is 0 Å². The number of Topliss-reactive ketones (excluding diaryl/α,β-unsaturated/α-hetero) is 1. The van der Waals surface area contributed by atoms with Gasteiger partial charge in [0.1, 0.15) is 10.7 Å². The average Bonchev–Trinajstić information content (AvgIpc) is 2.35. The zero-order valence-electron chi connectivity index (χ0n) is 12.8. The fraction of sp³-hybridized carbons (Fsp3) is 0.333. The number of carbonyl (C=O) groups excluding carboxylic acids is 1. The molecule has 124 valence electrons. The van der Waals surface area contributed by atoms with E-state index in [9.17, 15) is 18.3 Å². The predicted molar refractivity (Wildman–Crippen MR) is 91.7 cm³/mol. The van der Waals surface area contributed by atoms with Gasteiger partial charge in [-0.3, -0.25) is 4.79 Å². The Balaban J connectivity index is 2.21. The Morgan fingerprint density at radius 1 is 1.26 bits per heavy atom. The van der Waals surface area contributed by atoms with Crippen LogP contribution in [0.1, 0.15) is 26.7 Å². The number of anilines is 1. The van der Waals surface area contributed by atoms with Crippen LogP contribution in [0.3, 0.4) is 0 Å². The molecule has 1 aromatic rings. The standard InChI is InChI=1S/C15H18N2O4S2/c1-15(2)7-11(18)13(12(19)8-15)14(22)17-9-3-5-10(6-4-9)23(16,20)21/h3-6,18H,7-8H2,1-2H3,(H,17,22)(H2,16,20,21). The molecule has 1 aromatic carbocycles. The molecule has 6 nitrogen and oxygen atoms in total. The molecule has 0 saturated carbocycles. The maximum atomic E-state index is 12.2. The Bertz CT molecular complexity index is 793. The van der Waals surface area contributed by atoms with Gasteiger partial charge in [-0.1, -0.05) is 26.1 Å². The number of rotatable bonds is 3. The molecule has 23 heavy (non-hydrogen) atoms. The van der Waals surface area contributed by atoms with E-state index < -0.39 is 10.0 Å². The second-order valence-electron chi connectivity index (χ2n) is 6.29. The van der Waals surface area contributed by atoms with E-state index in [1.807, 2.05) is 13.8 Å². The number of nitrogens with one attached hydrogen (secondary N) is 1. The summed E-state index contributed by atoms with van der Waals surface area (Å²) in [7, 11) is -3.76. The summed E-state index contributed by atoms with van der Waals surface area (Å²) in [6, 6.07) is 5.64. The van der Waals surface area contributed by atoms with Crippen molar-refractivity contribution in [1.82, 2.24) is 0 Å². The first-order valence-electron chi connectivity index (χ1n) is 6.89. The highest BCUT2D eigenvalue weighted by Crippen LogP contribution is 2.36. The fourth-order valence-electron chi connectivity index (χ4n) is 2.47. The molecular weight excluding hydrogens is 336 g/mol. The number of sulfonamides is 1. The minimum atomic E-state index is -3.76. The van der Waals surface area contributed by atoms with Crippen LogP contribution in [0.4, 0.5) is 5.69 Å². The molecule has 0 bridgehead atoms. The molecule has 0 atom stereocenters. The van der Waals surface area contributed by atoms with E-state index in [0.29, 0.717) is 18.5 Å². The molecule has 2 rings (SSSR count). The lowest BCUT2D eigenvalue weighted by Gasteiger charge is -2.29. The number of aliphatic hydroxyl groups excluding tert-OH is 1. The van der Waals surface area contributed by atoms with Gasteiger partial charge in [0.05, 0.1) is 10.5 Å². The number of carbonyl (C=O) groups is 1. The van der Waals surface area contributed by atoms with E-state index in [1.165, 1.54) is 24.3 Å². The third-order valence-corrected chi connectivity index (χ3v) is 4.76. The zero-order valence-corrected chi connectivity index (χ0v) is 14.4. The van der Waals surface area contributed by atoms with Crippen LogP contribution in [-0.2, 0) is 14.8 Å². The van der Waals surface area contributed by atoms with Gasteiger partial charge < -0.3 is 10.4 Å². The van der Waals surface area contributed by atoms with Crippen LogP contribution in [0.15, 0.2) is 40.5 Å². The monoisotopic (exact) mass is 354 g/mol. The van der Waals surface area contributed by atoms with Crippen LogP contribution < -0.4 is 10.5 Å². The van der Waals surface area contributed by atoms with Gasteiger partial charge in [0.2, 0.25) is 10.0 Å². The molecular formula is C15H18N2O4S2. The topological polar surface area (TPSA) is 109 Å². The van der Waals surface area contributed by atoms with Crippen molar-refractivity contribution in [2.24, 2.45) is 10.6 Å². The predicted octanol–water partition coefficient (Wildman–Crippen LogP) is 2.27. The first-order valence-corrected chi connectivity index (χ1v) is 8.85. The van der Waals surface area contributed by atoms with E-state index in [0.717, 1.165) is 0 Å². The molecule has 0 amide bonds. The minimum Gasteiger partial charge on any atom is -0.511 e. The normalized spacial score (nSPS) is 18.0. The van der Waals surface area contributed by atoms with Gasteiger partial charge in [0, 0.05) is 18.5 Å². The van der Waals surface area contributed by atoms with Gasteiger partial charge in [0.15, 0.2) is 5.78 Å². The van der Waals surface area contributed by atoms with Gasteiger partial charge in [-0.15, -0.1) is 0 Å². The lowest BCUT2D eigenvalue weighted by atomic mass is 9.76. The smallest absolute Gasteiger partial charge is 0.238 e. The Labute approximate surface area is 140 Å². The highest BCUT2D eigenvalue weighted by atomic mass is 32.2. The number of ketones is 1. The molecule has 0 spiro atoms. The van der Waals surface area contributed by atoms with Crippen LogP contribution >= 0.6 is 12.2 Å². The summed E-state index contributed by atoms with van der Waals surface area (Å²) in [5.41, 5.74) is 0.326. The fourth-order valence-corrected chi connectivity index (χ4v) is 3.33. The van der Waals surface area contributed by atoms with Crippen molar-refractivity contribution in [3.63, 3.8) is 0 Å². The molecule has 1 aliphatic rings. The summed E-state index contributed by atoms with van der Waals surface area (Å²) in [6.07, 6.45) is 0.679. The van der Waals surface area contributed by atoms with Gasteiger partial charge >= 0.3 is 0 Å². The van der Waals surface area contributed by atoms with Crippen molar-refractivity contribution >= 4 is 38.7 Å². The van der Waals surface area contributed by atoms with Crippen LogP contribution in [-0.4, -0.2) is 24.3 Å². The lowest BCUT2D eigenvalue weighted by Crippen LogP contribution is -2.31. The summed E-state index contributed by atoms with van der Waals surface area (Å²) in [4.78, 5) is 12.3. The Hall–Kier alpha value is -1.77. The van der Waals surface area contributed by atoms with Gasteiger partial charge in [-0.25, -0.2) is 13.6 Å². The van der Waals surface area contributed by atoms with E-state index in [-0.39, 0.29) is 32.4 Å². The van der Waals surface area contributed by atoms with Crippen LogP contribution in [0, 0.1) is 5.41 Å². The molecule has 0 aromatic heterocycles. The number of benzene rings is 1. The van der Waals surface area contributed by atoms with E-state index in [4.69, 9.17) is 17.4 Å². The van der Waals surface area contributed by atoms with E-state index >= 15 is 0 Å². The summed E-state index contributed by atoms with van der Waals surface area (Å²) >= 11 is 5.20. The SMILES string of the molecule is CC1(C)CC(=O)C(C(=S)Nc2ccc(S(N)(=O)=O)cc2)=C(O)C1. The van der Waals surface area contributed by atoms with Gasteiger partial charge in [0.25, 0.3) is 0 Å². The number of nitrogens with two attached hydrogens (primary N) is 1. The van der Waals surface area contributed by atoms with Crippen molar-refractivity contribution < 1.29 is 18.3 Å². The summed E-state index contributed by atoms with van der Waals surface area (Å²) in [6.45, 7) is 3.81. The molecule has 0 aliphatic heterocycles.